The molecule has 1 rings (SSSR count). The minimum Gasteiger partial charge on any atom is -0.394 e. The smallest absolute Gasteiger partial charge is 0.394 e. The number of rotatable bonds is 33. The Kier molecular flexibility index (Phi) is 29.7. The van der Waals surface area contributed by atoms with Crippen LogP contribution in [0.5, 0.6) is 0 Å². The van der Waals surface area contributed by atoms with Crippen molar-refractivity contribution >= 4 is 16.3 Å². The number of aliphatic hydroxyl groups excluding tert-OH is 5. The van der Waals surface area contributed by atoms with Crippen LogP contribution in [0.4, 0.5) is 0 Å². The third-order valence-corrected chi connectivity index (χ3v) is 9.98. The molecule has 55 heavy (non-hydrogen) atoms. The van der Waals surface area contributed by atoms with Gasteiger partial charge in [-0.1, -0.05) is 126 Å². The molecule has 8 unspecified atom stereocenters. The van der Waals surface area contributed by atoms with E-state index < -0.39 is 78.5 Å². The second kappa shape index (κ2) is 32.0. The number of aliphatic hydroxyl groups is 5. The molecular formula is C41H73NO12S. The highest BCUT2D eigenvalue weighted by molar-refractivity contribution is 7.80. The van der Waals surface area contributed by atoms with E-state index in [1.165, 1.54) is 63.9 Å². The van der Waals surface area contributed by atoms with Crippen molar-refractivity contribution in [3.05, 3.63) is 48.6 Å². The predicted octanol–water partition coefficient (Wildman–Crippen LogP) is 5.90. The fourth-order valence-electron chi connectivity index (χ4n) is 6.20. The minimum absolute atomic E-state index is 0.218. The third-order valence-electron chi connectivity index (χ3n) is 9.51. The van der Waals surface area contributed by atoms with Crippen LogP contribution in [0.25, 0.3) is 0 Å². The maximum atomic E-state index is 13.0. The molecule has 1 heterocycles. The molecule has 1 saturated heterocycles. The van der Waals surface area contributed by atoms with Gasteiger partial charge in [-0.3, -0.25) is 9.35 Å². The molecule has 0 spiro atoms. The van der Waals surface area contributed by atoms with E-state index in [1.54, 1.807) is 6.08 Å². The monoisotopic (exact) mass is 803 g/mol. The van der Waals surface area contributed by atoms with E-state index in [-0.39, 0.29) is 6.42 Å². The van der Waals surface area contributed by atoms with Crippen molar-refractivity contribution in [1.29, 1.82) is 0 Å². The number of unbranched alkanes of at least 4 members (excludes halogenated alkanes) is 15. The van der Waals surface area contributed by atoms with Gasteiger partial charge in [0.2, 0.25) is 5.91 Å². The first-order valence-corrected chi connectivity index (χ1v) is 22.0. The van der Waals surface area contributed by atoms with Gasteiger partial charge in [-0.15, -0.1) is 0 Å². The van der Waals surface area contributed by atoms with Crippen LogP contribution in [0, 0.1) is 0 Å². The molecule has 0 aromatic rings. The van der Waals surface area contributed by atoms with Gasteiger partial charge in [0.25, 0.3) is 0 Å². The van der Waals surface area contributed by atoms with Gasteiger partial charge in [-0.05, 0) is 64.7 Å². The fourth-order valence-corrected chi connectivity index (χ4v) is 6.71. The van der Waals surface area contributed by atoms with Crippen LogP contribution >= 0.6 is 0 Å². The zero-order valence-electron chi connectivity index (χ0n) is 33.3. The number of allylic oxidation sites excluding steroid dienone is 7. The average Bonchev–Trinajstić information content (AvgIpc) is 3.15. The van der Waals surface area contributed by atoms with Crippen LogP contribution < -0.4 is 5.32 Å². The van der Waals surface area contributed by atoms with Crippen molar-refractivity contribution in [1.82, 2.24) is 5.32 Å². The van der Waals surface area contributed by atoms with Gasteiger partial charge in [-0.2, -0.15) is 8.42 Å². The van der Waals surface area contributed by atoms with Gasteiger partial charge < -0.3 is 40.3 Å². The highest BCUT2D eigenvalue weighted by Crippen LogP contribution is 2.26. The molecule has 0 aromatic heterocycles. The Balaban J connectivity index is 2.62. The molecular weight excluding hydrogens is 731 g/mol. The summed E-state index contributed by atoms with van der Waals surface area (Å²) >= 11 is 0. The van der Waals surface area contributed by atoms with E-state index in [0.717, 1.165) is 51.4 Å². The first kappa shape index (κ1) is 51.0. The van der Waals surface area contributed by atoms with Gasteiger partial charge >= 0.3 is 10.4 Å². The maximum Gasteiger partial charge on any atom is 0.397 e. The van der Waals surface area contributed by atoms with Gasteiger partial charge in [0.05, 0.1) is 25.4 Å². The van der Waals surface area contributed by atoms with Gasteiger partial charge in [-0.25, -0.2) is 4.18 Å². The lowest BCUT2D eigenvalue weighted by molar-refractivity contribution is -0.298. The number of carbonyl (C=O) groups is 1. The predicted molar refractivity (Wildman–Crippen MR) is 214 cm³/mol. The van der Waals surface area contributed by atoms with Gasteiger partial charge in [0, 0.05) is 0 Å². The maximum absolute atomic E-state index is 13.0. The summed E-state index contributed by atoms with van der Waals surface area (Å²) in [6.45, 7) is 2.91. The summed E-state index contributed by atoms with van der Waals surface area (Å²) in [5.41, 5.74) is 0. The zero-order valence-corrected chi connectivity index (χ0v) is 34.2. The van der Waals surface area contributed by atoms with Crippen LogP contribution in [0.15, 0.2) is 48.6 Å². The molecule has 0 aliphatic carbocycles. The van der Waals surface area contributed by atoms with Crippen molar-refractivity contribution in [2.24, 2.45) is 0 Å². The fraction of sp³-hybridized carbons (Fsp3) is 0.780. The van der Waals surface area contributed by atoms with Crippen LogP contribution in [-0.2, 0) is 28.9 Å². The van der Waals surface area contributed by atoms with Crippen LogP contribution in [0.2, 0.25) is 0 Å². The molecule has 0 saturated carbocycles. The molecule has 13 nitrogen and oxygen atoms in total. The van der Waals surface area contributed by atoms with Crippen molar-refractivity contribution < 1.29 is 57.0 Å². The second-order valence-electron chi connectivity index (χ2n) is 14.4. The Morgan fingerprint density at radius 2 is 1.29 bits per heavy atom. The number of hydrogen-bond donors (Lipinski definition) is 7. The second-order valence-corrected chi connectivity index (χ2v) is 15.4. The van der Waals surface area contributed by atoms with Crippen molar-refractivity contribution in [3.63, 3.8) is 0 Å². The number of nitrogens with one attached hydrogen (secondary N) is 1. The third kappa shape index (κ3) is 25.1. The van der Waals surface area contributed by atoms with E-state index in [9.17, 15) is 38.7 Å². The number of ether oxygens (including phenoxy) is 2. The summed E-state index contributed by atoms with van der Waals surface area (Å²) in [5, 5.41) is 54.8. The van der Waals surface area contributed by atoms with E-state index in [0.29, 0.717) is 12.8 Å². The van der Waals surface area contributed by atoms with E-state index in [2.05, 4.69) is 40.7 Å². The molecule has 14 heteroatoms. The highest BCUT2D eigenvalue weighted by atomic mass is 32.3. The SMILES string of the molecule is C/C=C/CC/C=C/CC/C=C/C(O)C(COC1OC(CO)C(O)C(OS(=O)(=O)O)C1O)NC(=O)C(O)CCCCCC/C=C\CCCCCCCCCCC. The summed E-state index contributed by atoms with van der Waals surface area (Å²) in [6.07, 6.45) is 25.3. The van der Waals surface area contributed by atoms with Crippen molar-refractivity contribution in [3.8, 4) is 0 Å². The van der Waals surface area contributed by atoms with Crippen LogP contribution in [-0.4, -0.2) is 107 Å². The molecule has 0 bridgehead atoms. The number of hydrogen-bond acceptors (Lipinski definition) is 11. The topological polar surface area (TPSA) is 212 Å². The van der Waals surface area contributed by atoms with E-state index in [1.807, 2.05) is 19.1 Å². The Labute approximate surface area is 330 Å². The molecule has 1 aliphatic rings. The van der Waals surface area contributed by atoms with Gasteiger partial charge in [0.15, 0.2) is 6.29 Å². The Morgan fingerprint density at radius 3 is 1.85 bits per heavy atom. The number of amides is 1. The Hall–Kier alpha value is -1.98. The normalized spacial score (nSPS) is 22.7. The lowest BCUT2D eigenvalue weighted by atomic mass is 9.99. The van der Waals surface area contributed by atoms with Crippen LogP contribution in [0.3, 0.4) is 0 Å². The van der Waals surface area contributed by atoms with Crippen molar-refractivity contribution in [2.75, 3.05) is 13.2 Å². The largest absolute Gasteiger partial charge is 0.397 e. The molecule has 1 amide bonds. The molecule has 320 valence electrons. The molecule has 8 atom stereocenters. The molecule has 7 N–H and O–H groups in total. The summed E-state index contributed by atoms with van der Waals surface area (Å²) in [7, 11) is -5.12. The summed E-state index contributed by atoms with van der Waals surface area (Å²) in [4.78, 5) is 13.0. The quantitative estimate of drug-likeness (QED) is 0.0235. The molecule has 1 fully saturated rings. The first-order chi connectivity index (χ1) is 26.4. The summed E-state index contributed by atoms with van der Waals surface area (Å²) < 4.78 is 47.2. The molecule has 0 radical (unpaired) electrons. The van der Waals surface area contributed by atoms with Crippen LogP contribution in [0.1, 0.15) is 142 Å². The lowest BCUT2D eigenvalue weighted by Gasteiger charge is -2.41. The molecule has 0 aromatic carbocycles. The standard InChI is InChI=1S/C41H73NO12S/c1-3-5-7-9-11-13-14-15-16-17-18-19-20-22-24-26-28-30-35(45)40(48)42-33(34(44)29-27-25-23-21-12-10-8-6-4-2)32-52-41-38(47)39(54-55(49,50)51)37(46)36(31-43)53-41/h4,6,12,18-19,21,27,29,33-39,41,43-47H,3,5,7-11,13-17,20,22-26,28,30-32H2,1-2H3,(H,42,48)(H,49,50,51)/b6-4+,19-18-,21-12+,29-27+. The lowest BCUT2D eigenvalue weighted by Crippen LogP contribution is -2.61. The summed E-state index contributed by atoms with van der Waals surface area (Å²) in [6, 6.07) is -1.15. The summed E-state index contributed by atoms with van der Waals surface area (Å²) in [5.74, 6) is -0.731. The van der Waals surface area contributed by atoms with E-state index >= 15 is 0 Å². The number of carbonyl (C=O) groups excluding carboxylic acids is 1. The highest BCUT2D eigenvalue weighted by Gasteiger charge is 2.48. The van der Waals surface area contributed by atoms with Gasteiger partial charge in [0.1, 0.15) is 30.5 Å². The first-order valence-electron chi connectivity index (χ1n) is 20.6. The Bertz CT molecular complexity index is 1190. The average molecular weight is 804 g/mol. The Morgan fingerprint density at radius 1 is 0.764 bits per heavy atom. The van der Waals surface area contributed by atoms with Crippen molar-refractivity contribution in [2.45, 2.75) is 191 Å². The molecule has 1 aliphatic heterocycles. The zero-order chi connectivity index (χ0) is 40.7. The van der Waals surface area contributed by atoms with E-state index in [4.69, 9.17) is 14.0 Å². The minimum atomic E-state index is -5.12.